The summed E-state index contributed by atoms with van der Waals surface area (Å²) in [4.78, 5) is 11.6. The number of furan rings is 1. The highest BCUT2D eigenvalue weighted by Crippen LogP contribution is 2.28. The number of halogens is 1. The van der Waals surface area contributed by atoms with Gasteiger partial charge in [0.1, 0.15) is 11.3 Å². The second-order valence-corrected chi connectivity index (χ2v) is 4.61. The quantitative estimate of drug-likeness (QED) is 0.909. The normalized spacial score (nSPS) is 13.7. The minimum absolute atomic E-state index is 0. The van der Waals surface area contributed by atoms with Gasteiger partial charge in [0.25, 0.3) is 0 Å². The van der Waals surface area contributed by atoms with Crippen LogP contribution in [-0.2, 0) is 4.79 Å². The van der Waals surface area contributed by atoms with Crippen molar-refractivity contribution in [2.75, 3.05) is 0 Å². The van der Waals surface area contributed by atoms with Crippen LogP contribution < -0.4 is 11.1 Å². The van der Waals surface area contributed by atoms with Gasteiger partial charge in [0.2, 0.25) is 5.91 Å². The zero-order chi connectivity index (χ0) is 13.3. The van der Waals surface area contributed by atoms with Gasteiger partial charge in [0.15, 0.2) is 0 Å². The van der Waals surface area contributed by atoms with Crippen LogP contribution in [0.3, 0.4) is 0 Å². The van der Waals surface area contributed by atoms with Crippen molar-refractivity contribution in [3.63, 3.8) is 0 Å². The molecule has 0 bridgehead atoms. The van der Waals surface area contributed by atoms with Gasteiger partial charge >= 0.3 is 0 Å². The van der Waals surface area contributed by atoms with Gasteiger partial charge < -0.3 is 15.5 Å². The van der Waals surface area contributed by atoms with Crippen LogP contribution in [0.1, 0.15) is 31.2 Å². The lowest BCUT2D eigenvalue weighted by Crippen LogP contribution is -2.39. The molecule has 2 rings (SSSR count). The summed E-state index contributed by atoms with van der Waals surface area (Å²) in [6.45, 7) is 5.55. The Morgan fingerprint density at radius 3 is 2.53 bits per heavy atom. The molecule has 104 valence electrons. The standard InChI is InChI=1S/C14H18N2O2.ClH/c1-8-11-6-4-5-7-12(11)18-13(8)10(3)16-14(17)9(2)15;/h4-7,9-10H,15H2,1-3H3,(H,16,17);1H/t9-,10?;/m1./s1. The maximum atomic E-state index is 11.6. The molecule has 4 nitrogen and oxygen atoms in total. The molecule has 1 aromatic carbocycles. The third-order valence-electron chi connectivity index (χ3n) is 3.05. The topological polar surface area (TPSA) is 68.3 Å². The van der Waals surface area contributed by atoms with Gasteiger partial charge in [-0.15, -0.1) is 12.4 Å². The maximum Gasteiger partial charge on any atom is 0.237 e. The van der Waals surface area contributed by atoms with Gasteiger partial charge in [-0.2, -0.15) is 0 Å². The van der Waals surface area contributed by atoms with Crippen LogP contribution in [0.25, 0.3) is 11.0 Å². The molecule has 19 heavy (non-hydrogen) atoms. The van der Waals surface area contributed by atoms with E-state index < -0.39 is 6.04 Å². The number of nitrogens with one attached hydrogen (secondary N) is 1. The summed E-state index contributed by atoms with van der Waals surface area (Å²) in [6.07, 6.45) is 0. The molecule has 0 saturated carbocycles. The van der Waals surface area contributed by atoms with Crippen LogP contribution >= 0.6 is 12.4 Å². The van der Waals surface area contributed by atoms with Crippen molar-refractivity contribution >= 4 is 29.3 Å². The Bertz CT molecular complexity index is 578. The number of nitrogens with two attached hydrogens (primary N) is 1. The average molecular weight is 283 g/mol. The summed E-state index contributed by atoms with van der Waals surface area (Å²) >= 11 is 0. The molecule has 2 aromatic rings. The number of carbonyl (C=O) groups excluding carboxylic acids is 1. The van der Waals surface area contributed by atoms with E-state index in [-0.39, 0.29) is 24.4 Å². The first-order valence-corrected chi connectivity index (χ1v) is 6.04. The van der Waals surface area contributed by atoms with Crippen LogP contribution in [0.4, 0.5) is 0 Å². The predicted molar refractivity (Wildman–Crippen MR) is 78.4 cm³/mol. The Morgan fingerprint density at radius 2 is 1.95 bits per heavy atom. The third kappa shape index (κ3) is 3.08. The van der Waals surface area contributed by atoms with E-state index in [1.165, 1.54) is 0 Å². The number of para-hydroxylation sites is 1. The fraction of sp³-hybridized carbons (Fsp3) is 0.357. The highest BCUT2D eigenvalue weighted by Gasteiger charge is 2.19. The summed E-state index contributed by atoms with van der Waals surface area (Å²) < 4.78 is 5.79. The van der Waals surface area contributed by atoms with E-state index in [0.29, 0.717) is 0 Å². The molecule has 0 spiro atoms. The molecular weight excluding hydrogens is 264 g/mol. The van der Waals surface area contributed by atoms with Crippen molar-refractivity contribution in [3.8, 4) is 0 Å². The Labute approximate surface area is 118 Å². The summed E-state index contributed by atoms with van der Waals surface area (Å²) in [5.41, 5.74) is 7.43. The number of amides is 1. The van der Waals surface area contributed by atoms with Crippen molar-refractivity contribution in [1.29, 1.82) is 0 Å². The smallest absolute Gasteiger partial charge is 0.237 e. The Hall–Kier alpha value is -1.52. The van der Waals surface area contributed by atoms with Gasteiger partial charge in [-0.25, -0.2) is 0 Å². The maximum absolute atomic E-state index is 11.6. The van der Waals surface area contributed by atoms with Crippen molar-refractivity contribution in [1.82, 2.24) is 5.32 Å². The van der Waals surface area contributed by atoms with E-state index in [2.05, 4.69) is 5.32 Å². The molecule has 1 amide bonds. The Balaban J connectivity index is 0.00000180. The van der Waals surface area contributed by atoms with Crippen LogP contribution in [0.15, 0.2) is 28.7 Å². The van der Waals surface area contributed by atoms with Crippen molar-refractivity contribution < 1.29 is 9.21 Å². The zero-order valence-electron chi connectivity index (χ0n) is 11.3. The van der Waals surface area contributed by atoms with Crippen molar-refractivity contribution in [3.05, 3.63) is 35.6 Å². The van der Waals surface area contributed by atoms with E-state index in [1.807, 2.05) is 38.1 Å². The van der Waals surface area contributed by atoms with E-state index in [9.17, 15) is 4.79 Å². The van der Waals surface area contributed by atoms with Crippen LogP contribution in [0, 0.1) is 6.92 Å². The molecule has 0 fully saturated rings. The molecule has 2 atom stereocenters. The summed E-state index contributed by atoms with van der Waals surface area (Å²) in [5, 5.41) is 3.92. The number of carbonyl (C=O) groups is 1. The summed E-state index contributed by atoms with van der Waals surface area (Å²) in [5.74, 6) is 0.604. The predicted octanol–water partition coefficient (Wildman–Crippen LogP) is 2.69. The van der Waals surface area contributed by atoms with E-state index >= 15 is 0 Å². The average Bonchev–Trinajstić information content (AvgIpc) is 2.67. The molecule has 0 aliphatic rings. The lowest BCUT2D eigenvalue weighted by molar-refractivity contribution is -0.122. The second kappa shape index (κ2) is 6.08. The third-order valence-corrected chi connectivity index (χ3v) is 3.05. The molecule has 0 radical (unpaired) electrons. The lowest BCUT2D eigenvalue weighted by Gasteiger charge is -2.14. The van der Waals surface area contributed by atoms with Gasteiger partial charge in [-0.3, -0.25) is 4.79 Å². The van der Waals surface area contributed by atoms with Gasteiger partial charge in [-0.1, -0.05) is 18.2 Å². The summed E-state index contributed by atoms with van der Waals surface area (Å²) in [7, 11) is 0. The zero-order valence-corrected chi connectivity index (χ0v) is 12.1. The number of benzene rings is 1. The monoisotopic (exact) mass is 282 g/mol. The first-order valence-electron chi connectivity index (χ1n) is 6.04. The molecule has 1 unspecified atom stereocenters. The number of hydrogen-bond donors (Lipinski definition) is 2. The van der Waals surface area contributed by atoms with Gasteiger partial charge in [-0.05, 0) is 26.8 Å². The number of hydrogen-bond acceptors (Lipinski definition) is 3. The van der Waals surface area contributed by atoms with E-state index in [0.717, 1.165) is 22.3 Å². The first kappa shape index (κ1) is 15.5. The van der Waals surface area contributed by atoms with Crippen molar-refractivity contribution in [2.24, 2.45) is 5.73 Å². The largest absolute Gasteiger partial charge is 0.459 e. The number of aryl methyl sites for hydroxylation is 1. The Kier molecular flexibility index (Phi) is 4.97. The highest BCUT2D eigenvalue weighted by molar-refractivity contribution is 5.85. The van der Waals surface area contributed by atoms with Gasteiger partial charge in [0, 0.05) is 10.9 Å². The van der Waals surface area contributed by atoms with Crippen LogP contribution in [-0.4, -0.2) is 11.9 Å². The molecule has 1 heterocycles. The molecular formula is C14H19ClN2O2. The molecule has 0 saturated heterocycles. The minimum atomic E-state index is -0.517. The van der Waals surface area contributed by atoms with E-state index in [1.54, 1.807) is 6.92 Å². The molecule has 0 aliphatic carbocycles. The second-order valence-electron chi connectivity index (χ2n) is 4.61. The Morgan fingerprint density at radius 1 is 1.32 bits per heavy atom. The fourth-order valence-electron chi connectivity index (χ4n) is 2.02. The highest BCUT2D eigenvalue weighted by atomic mass is 35.5. The SMILES string of the molecule is Cc1c(C(C)NC(=O)[C@@H](C)N)oc2ccccc12.Cl. The van der Waals surface area contributed by atoms with Crippen molar-refractivity contribution in [2.45, 2.75) is 32.9 Å². The fourth-order valence-corrected chi connectivity index (χ4v) is 2.02. The van der Waals surface area contributed by atoms with E-state index in [4.69, 9.17) is 10.2 Å². The molecule has 1 aromatic heterocycles. The lowest BCUT2D eigenvalue weighted by atomic mass is 10.1. The first-order chi connectivity index (χ1) is 8.50. The molecule has 3 N–H and O–H groups in total. The number of rotatable bonds is 3. The van der Waals surface area contributed by atoms with Crippen LogP contribution in [0.2, 0.25) is 0 Å². The van der Waals surface area contributed by atoms with Crippen LogP contribution in [0.5, 0.6) is 0 Å². The molecule has 5 heteroatoms. The van der Waals surface area contributed by atoms with Gasteiger partial charge in [0.05, 0.1) is 12.1 Å². The summed E-state index contributed by atoms with van der Waals surface area (Å²) in [6, 6.07) is 7.14. The molecule has 0 aliphatic heterocycles. The minimum Gasteiger partial charge on any atom is -0.459 e. The number of fused-ring (bicyclic) bond motifs is 1.